The first-order valence-corrected chi connectivity index (χ1v) is 3.94. The van der Waals surface area contributed by atoms with Gasteiger partial charge in [-0.05, 0) is 13.0 Å². The highest BCUT2D eigenvalue weighted by molar-refractivity contribution is 4.76. The lowest BCUT2D eigenvalue weighted by atomic mass is 10.1. The van der Waals surface area contributed by atoms with Gasteiger partial charge in [-0.25, -0.2) is 8.78 Å². The zero-order valence-electron chi connectivity index (χ0n) is 6.47. The Kier molecular flexibility index (Phi) is 3.20. The van der Waals surface area contributed by atoms with Gasteiger partial charge in [0, 0.05) is 25.6 Å². The molecule has 0 saturated carbocycles. The van der Waals surface area contributed by atoms with Crippen molar-refractivity contribution in [2.24, 2.45) is 11.7 Å². The minimum absolute atomic E-state index is 0.415. The molecular formula is C7H14F2N2. The molecule has 0 aliphatic carbocycles. The molecule has 0 bridgehead atoms. The van der Waals surface area contributed by atoms with E-state index in [9.17, 15) is 8.78 Å². The van der Waals surface area contributed by atoms with E-state index in [4.69, 9.17) is 5.73 Å². The molecule has 1 heterocycles. The van der Waals surface area contributed by atoms with Gasteiger partial charge in [0.05, 0.1) is 0 Å². The van der Waals surface area contributed by atoms with E-state index in [1.54, 1.807) is 0 Å². The summed E-state index contributed by atoms with van der Waals surface area (Å²) in [5, 5.41) is 0. The fourth-order valence-corrected chi connectivity index (χ4v) is 1.45. The van der Waals surface area contributed by atoms with Gasteiger partial charge in [0.15, 0.2) is 0 Å². The van der Waals surface area contributed by atoms with Crippen molar-refractivity contribution in [1.82, 2.24) is 4.90 Å². The summed E-state index contributed by atoms with van der Waals surface area (Å²) in [4.78, 5) is 2.00. The number of halogens is 2. The van der Waals surface area contributed by atoms with E-state index in [0.717, 1.165) is 13.1 Å². The Balaban J connectivity index is 2.23. The summed E-state index contributed by atoms with van der Waals surface area (Å²) in [5.41, 5.74) is 5.30. The topological polar surface area (TPSA) is 29.3 Å². The highest BCUT2D eigenvalue weighted by Gasteiger charge is 2.28. The molecule has 1 rings (SSSR count). The molecule has 4 heteroatoms. The van der Waals surface area contributed by atoms with Crippen LogP contribution in [0.1, 0.15) is 6.42 Å². The third-order valence-electron chi connectivity index (χ3n) is 2.11. The van der Waals surface area contributed by atoms with Gasteiger partial charge in [-0.2, -0.15) is 0 Å². The Hall–Kier alpha value is -0.220. The summed E-state index contributed by atoms with van der Waals surface area (Å²) in [6.07, 6.45) is -1.53. The molecule has 1 unspecified atom stereocenters. The third kappa shape index (κ3) is 2.38. The predicted octanol–water partition coefficient (Wildman–Crippen LogP) is 0.532. The first kappa shape index (κ1) is 8.87. The fourth-order valence-electron chi connectivity index (χ4n) is 1.45. The van der Waals surface area contributed by atoms with E-state index in [1.807, 2.05) is 4.90 Å². The van der Waals surface area contributed by atoms with Crippen LogP contribution in [0.2, 0.25) is 0 Å². The zero-order chi connectivity index (χ0) is 8.27. The Bertz CT molecular complexity index is 119. The molecule has 1 atom stereocenters. The van der Waals surface area contributed by atoms with Gasteiger partial charge in [-0.3, -0.25) is 0 Å². The molecule has 1 fully saturated rings. The first-order valence-electron chi connectivity index (χ1n) is 3.94. The summed E-state index contributed by atoms with van der Waals surface area (Å²) in [6.45, 7) is 2.63. The van der Waals surface area contributed by atoms with Crippen molar-refractivity contribution in [2.75, 3.05) is 26.2 Å². The van der Waals surface area contributed by atoms with Gasteiger partial charge >= 0.3 is 0 Å². The lowest BCUT2D eigenvalue weighted by Crippen LogP contribution is -2.28. The summed E-state index contributed by atoms with van der Waals surface area (Å²) >= 11 is 0. The number of likely N-dealkylation sites (tertiary alicyclic amines) is 1. The Morgan fingerprint density at radius 3 is 2.73 bits per heavy atom. The maximum Gasteiger partial charge on any atom is 0.242 e. The third-order valence-corrected chi connectivity index (χ3v) is 2.11. The fraction of sp³-hybridized carbons (Fsp3) is 1.00. The molecule has 0 spiro atoms. The molecule has 0 aromatic carbocycles. The number of rotatable bonds is 3. The number of alkyl halides is 2. The maximum absolute atomic E-state index is 12.1. The molecular weight excluding hydrogens is 150 g/mol. The maximum atomic E-state index is 12.1. The molecule has 1 saturated heterocycles. The Morgan fingerprint density at radius 1 is 1.55 bits per heavy atom. The van der Waals surface area contributed by atoms with Crippen LogP contribution in [0.4, 0.5) is 8.78 Å². The Morgan fingerprint density at radius 2 is 2.27 bits per heavy atom. The van der Waals surface area contributed by atoms with E-state index in [1.165, 1.54) is 0 Å². The monoisotopic (exact) mass is 164 g/mol. The Labute approximate surface area is 65.4 Å². The van der Waals surface area contributed by atoms with Gasteiger partial charge in [0.2, 0.25) is 6.43 Å². The SMILES string of the molecule is NCCN1CCC(C(F)F)C1. The number of nitrogens with zero attached hydrogens (tertiary/aromatic N) is 1. The number of hydrogen-bond acceptors (Lipinski definition) is 2. The average Bonchev–Trinajstić information content (AvgIpc) is 2.37. The second kappa shape index (κ2) is 3.97. The van der Waals surface area contributed by atoms with E-state index in [-0.39, 0.29) is 0 Å². The first-order chi connectivity index (χ1) is 5.24. The normalized spacial score (nSPS) is 26.7. The highest BCUT2D eigenvalue weighted by atomic mass is 19.3. The molecule has 0 aromatic rings. The van der Waals surface area contributed by atoms with Crippen LogP contribution in [-0.2, 0) is 0 Å². The van der Waals surface area contributed by atoms with Gasteiger partial charge < -0.3 is 10.6 Å². The van der Waals surface area contributed by atoms with Gasteiger partial charge in [-0.1, -0.05) is 0 Å². The molecule has 0 aromatic heterocycles. The molecule has 1 aliphatic rings. The largest absolute Gasteiger partial charge is 0.329 e. The molecule has 2 nitrogen and oxygen atoms in total. The van der Waals surface area contributed by atoms with Crippen LogP contribution in [-0.4, -0.2) is 37.5 Å². The van der Waals surface area contributed by atoms with E-state index >= 15 is 0 Å². The van der Waals surface area contributed by atoms with E-state index < -0.39 is 12.3 Å². The standard InChI is InChI=1S/C7H14F2N2/c8-7(9)6-1-3-11(5-6)4-2-10/h6-7H,1-5,10H2. The van der Waals surface area contributed by atoms with Gasteiger partial charge in [-0.15, -0.1) is 0 Å². The van der Waals surface area contributed by atoms with Crippen molar-refractivity contribution in [1.29, 1.82) is 0 Å². The zero-order valence-corrected chi connectivity index (χ0v) is 6.47. The quantitative estimate of drug-likeness (QED) is 0.659. The van der Waals surface area contributed by atoms with Crippen molar-refractivity contribution in [3.63, 3.8) is 0 Å². The smallest absolute Gasteiger partial charge is 0.242 e. The summed E-state index contributed by atoms with van der Waals surface area (Å²) < 4.78 is 24.2. The van der Waals surface area contributed by atoms with Crippen LogP contribution in [0.15, 0.2) is 0 Å². The van der Waals surface area contributed by atoms with Crippen LogP contribution < -0.4 is 5.73 Å². The molecule has 11 heavy (non-hydrogen) atoms. The summed E-state index contributed by atoms with van der Waals surface area (Å²) in [6, 6.07) is 0. The molecule has 1 aliphatic heterocycles. The summed E-state index contributed by atoms with van der Waals surface area (Å²) in [5.74, 6) is -0.415. The van der Waals surface area contributed by atoms with Crippen LogP contribution in [0.5, 0.6) is 0 Å². The predicted molar refractivity (Wildman–Crippen MR) is 39.6 cm³/mol. The minimum atomic E-state index is -2.15. The second-order valence-electron chi connectivity index (χ2n) is 2.97. The minimum Gasteiger partial charge on any atom is -0.329 e. The van der Waals surface area contributed by atoms with Gasteiger partial charge in [0.25, 0.3) is 0 Å². The van der Waals surface area contributed by atoms with Crippen molar-refractivity contribution >= 4 is 0 Å². The lowest BCUT2D eigenvalue weighted by Gasteiger charge is -2.13. The second-order valence-corrected chi connectivity index (χ2v) is 2.97. The average molecular weight is 164 g/mol. The number of hydrogen-bond donors (Lipinski definition) is 1. The van der Waals surface area contributed by atoms with Crippen molar-refractivity contribution in [3.8, 4) is 0 Å². The van der Waals surface area contributed by atoms with Crippen LogP contribution in [0.25, 0.3) is 0 Å². The summed E-state index contributed by atoms with van der Waals surface area (Å²) in [7, 11) is 0. The van der Waals surface area contributed by atoms with Crippen LogP contribution >= 0.6 is 0 Å². The molecule has 0 radical (unpaired) electrons. The van der Waals surface area contributed by atoms with Gasteiger partial charge in [0.1, 0.15) is 0 Å². The highest BCUT2D eigenvalue weighted by Crippen LogP contribution is 2.21. The van der Waals surface area contributed by atoms with Crippen molar-refractivity contribution in [2.45, 2.75) is 12.8 Å². The van der Waals surface area contributed by atoms with Crippen LogP contribution in [0.3, 0.4) is 0 Å². The lowest BCUT2D eigenvalue weighted by molar-refractivity contribution is 0.0810. The van der Waals surface area contributed by atoms with Crippen LogP contribution in [0, 0.1) is 5.92 Å². The molecule has 2 N–H and O–H groups in total. The molecule has 66 valence electrons. The number of nitrogens with two attached hydrogens (primary N) is 1. The van der Waals surface area contributed by atoms with E-state index in [2.05, 4.69) is 0 Å². The van der Waals surface area contributed by atoms with Crippen molar-refractivity contribution in [3.05, 3.63) is 0 Å². The van der Waals surface area contributed by atoms with E-state index in [0.29, 0.717) is 19.5 Å². The van der Waals surface area contributed by atoms with Crippen molar-refractivity contribution < 1.29 is 8.78 Å². The molecule has 0 amide bonds.